The molecule has 6 heteroatoms. The predicted octanol–water partition coefficient (Wildman–Crippen LogP) is 1.71. The highest BCUT2D eigenvalue weighted by molar-refractivity contribution is 7.90. The van der Waals surface area contributed by atoms with E-state index in [0.29, 0.717) is 19.0 Å². The number of sulfone groups is 1. The Balaban J connectivity index is 2.48. The van der Waals surface area contributed by atoms with Gasteiger partial charge in [-0.25, -0.2) is 13.4 Å². The highest BCUT2D eigenvalue weighted by Gasteiger charge is 2.12. The molecule has 5 nitrogen and oxygen atoms in total. The Morgan fingerprint density at radius 3 is 2.83 bits per heavy atom. The number of aromatic nitrogens is 1. The molecule has 0 radical (unpaired) electrons. The smallest absolute Gasteiger partial charge is 0.179 e. The average molecular weight is 272 g/mol. The molecular formula is C12H20N2O3S. The van der Waals surface area contributed by atoms with Gasteiger partial charge in [0.25, 0.3) is 0 Å². The lowest BCUT2D eigenvalue weighted by atomic mass is 10.4. The third-order valence-electron chi connectivity index (χ3n) is 2.28. The SMILES string of the molecule is CCCOCCCNc1ncccc1S(C)(=O)=O. The van der Waals surface area contributed by atoms with Gasteiger partial charge in [0.15, 0.2) is 9.84 Å². The van der Waals surface area contributed by atoms with Gasteiger partial charge >= 0.3 is 0 Å². The fraction of sp³-hybridized carbons (Fsp3) is 0.583. The van der Waals surface area contributed by atoms with Crippen LogP contribution in [0.15, 0.2) is 23.2 Å². The van der Waals surface area contributed by atoms with Crippen molar-refractivity contribution < 1.29 is 13.2 Å². The van der Waals surface area contributed by atoms with E-state index < -0.39 is 9.84 Å². The third kappa shape index (κ3) is 5.01. The molecule has 1 aromatic rings. The topological polar surface area (TPSA) is 68.3 Å². The lowest BCUT2D eigenvalue weighted by Crippen LogP contribution is -2.11. The van der Waals surface area contributed by atoms with E-state index in [9.17, 15) is 8.42 Å². The quantitative estimate of drug-likeness (QED) is 0.730. The van der Waals surface area contributed by atoms with Crippen LogP contribution in [-0.2, 0) is 14.6 Å². The molecule has 0 saturated heterocycles. The van der Waals surface area contributed by atoms with Crippen molar-refractivity contribution >= 4 is 15.7 Å². The maximum absolute atomic E-state index is 11.5. The van der Waals surface area contributed by atoms with E-state index in [1.54, 1.807) is 18.3 Å². The molecule has 0 aliphatic rings. The van der Waals surface area contributed by atoms with E-state index in [0.717, 1.165) is 19.4 Å². The highest BCUT2D eigenvalue weighted by atomic mass is 32.2. The van der Waals surface area contributed by atoms with Crippen LogP contribution in [0, 0.1) is 0 Å². The maximum atomic E-state index is 11.5. The van der Waals surface area contributed by atoms with Crippen molar-refractivity contribution in [2.45, 2.75) is 24.7 Å². The minimum absolute atomic E-state index is 0.236. The number of hydrogen-bond acceptors (Lipinski definition) is 5. The van der Waals surface area contributed by atoms with Crippen molar-refractivity contribution in [3.05, 3.63) is 18.3 Å². The van der Waals surface area contributed by atoms with Crippen LogP contribution in [0.4, 0.5) is 5.82 Å². The Kier molecular flexibility index (Phi) is 6.07. The Labute approximate surface area is 108 Å². The summed E-state index contributed by atoms with van der Waals surface area (Å²) in [6.07, 6.45) is 4.58. The Morgan fingerprint density at radius 2 is 2.17 bits per heavy atom. The monoisotopic (exact) mass is 272 g/mol. The fourth-order valence-electron chi connectivity index (χ4n) is 1.45. The van der Waals surface area contributed by atoms with Crippen LogP contribution in [0.5, 0.6) is 0 Å². The van der Waals surface area contributed by atoms with Gasteiger partial charge in [0.2, 0.25) is 0 Å². The fourth-order valence-corrected chi connectivity index (χ4v) is 2.25. The summed E-state index contributed by atoms with van der Waals surface area (Å²) in [6.45, 7) is 4.13. The number of nitrogens with one attached hydrogen (secondary N) is 1. The van der Waals surface area contributed by atoms with Crippen LogP contribution in [0.2, 0.25) is 0 Å². The first-order valence-electron chi connectivity index (χ1n) is 6.02. The molecule has 0 aliphatic carbocycles. The lowest BCUT2D eigenvalue weighted by Gasteiger charge is -2.09. The highest BCUT2D eigenvalue weighted by Crippen LogP contribution is 2.17. The molecule has 0 unspecified atom stereocenters. The summed E-state index contributed by atoms with van der Waals surface area (Å²) < 4.78 is 28.4. The van der Waals surface area contributed by atoms with Gasteiger partial charge in [0.1, 0.15) is 10.7 Å². The van der Waals surface area contributed by atoms with E-state index >= 15 is 0 Å². The van der Waals surface area contributed by atoms with Gasteiger partial charge in [-0.3, -0.25) is 0 Å². The van der Waals surface area contributed by atoms with Crippen molar-refractivity contribution in [3.8, 4) is 0 Å². The minimum Gasteiger partial charge on any atom is -0.381 e. The number of ether oxygens (including phenoxy) is 1. The maximum Gasteiger partial charge on any atom is 0.179 e. The van der Waals surface area contributed by atoms with Crippen molar-refractivity contribution in [3.63, 3.8) is 0 Å². The van der Waals surface area contributed by atoms with Crippen LogP contribution >= 0.6 is 0 Å². The van der Waals surface area contributed by atoms with E-state index in [2.05, 4.69) is 17.2 Å². The van der Waals surface area contributed by atoms with Crippen LogP contribution in [0.3, 0.4) is 0 Å². The molecule has 1 rings (SSSR count). The molecule has 0 spiro atoms. The summed E-state index contributed by atoms with van der Waals surface area (Å²) in [5.41, 5.74) is 0. The van der Waals surface area contributed by atoms with Gasteiger partial charge in [-0.05, 0) is 25.0 Å². The Bertz CT molecular complexity index is 460. The molecular weight excluding hydrogens is 252 g/mol. The second-order valence-electron chi connectivity index (χ2n) is 4.02. The second-order valence-corrected chi connectivity index (χ2v) is 6.00. The summed E-state index contributed by atoms with van der Waals surface area (Å²) in [5.74, 6) is 0.412. The van der Waals surface area contributed by atoms with Gasteiger partial charge in [-0.1, -0.05) is 6.92 Å². The normalized spacial score (nSPS) is 11.4. The molecule has 0 bridgehead atoms. The molecule has 1 heterocycles. The molecule has 0 amide bonds. The molecule has 0 fully saturated rings. The van der Waals surface area contributed by atoms with E-state index in [1.807, 2.05) is 0 Å². The summed E-state index contributed by atoms with van der Waals surface area (Å²) in [7, 11) is -3.24. The zero-order valence-corrected chi connectivity index (χ0v) is 11.7. The standard InChI is InChI=1S/C12H20N2O3S/c1-3-9-17-10-5-8-14-12-11(18(2,15)16)6-4-7-13-12/h4,6-7H,3,5,8-10H2,1-2H3,(H,13,14). The summed E-state index contributed by atoms with van der Waals surface area (Å²) >= 11 is 0. The van der Waals surface area contributed by atoms with Gasteiger partial charge in [-0.2, -0.15) is 0 Å². The number of hydrogen-bond donors (Lipinski definition) is 1. The van der Waals surface area contributed by atoms with Crippen molar-refractivity contribution in [1.29, 1.82) is 0 Å². The molecule has 102 valence electrons. The number of anilines is 1. The number of rotatable bonds is 8. The molecule has 0 aromatic carbocycles. The van der Waals surface area contributed by atoms with Gasteiger partial charge in [0.05, 0.1) is 0 Å². The van der Waals surface area contributed by atoms with Crippen molar-refractivity contribution in [2.75, 3.05) is 31.3 Å². The first-order valence-corrected chi connectivity index (χ1v) is 7.91. The predicted molar refractivity (Wildman–Crippen MR) is 71.6 cm³/mol. The summed E-state index contributed by atoms with van der Waals surface area (Å²) in [6, 6.07) is 3.17. The van der Waals surface area contributed by atoms with Crippen LogP contribution in [0.1, 0.15) is 19.8 Å². The Morgan fingerprint density at radius 1 is 1.39 bits per heavy atom. The van der Waals surface area contributed by atoms with Gasteiger partial charge in [0, 0.05) is 32.2 Å². The number of nitrogens with zero attached hydrogens (tertiary/aromatic N) is 1. The zero-order chi connectivity index (χ0) is 13.4. The van der Waals surface area contributed by atoms with Gasteiger partial charge < -0.3 is 10.1 Å². The zero-order valence-electron chi connectivity index (χ0n) is 10.8. The molecule has 1 aromatic heterocycles. The van der Waals surface area contributed by atoms with Crippen molar-refractivity contribution in [2.24, 2.45) is 0 Å². The number of pyridine rings is 1. The summed E-state index contributed by atoms with van der Waals surface area (Å²) in [5, 5.41) is 3.03. The lowest BCUT2D eigenvalue weighted by molar-refractivity contribution is 0.134. The Hall–Kier alpha value is -1.14. The average Bonchev–Trinajstić information content (AvgIpc) is 2.33. The molecule has 0 saturated carbocycles. The third-order valence-corrected chi connectivity index (χ3v) is 3.40. The summed E-state index contributed by atoms with van der Waals surface area (Å²) in [4.78, 5) is 4.28. The first kappa shape index (κ1) is 14.9. The van der Waals surface area contributed by atoms with Crippen LogP contribution in [0.25, 0.3) is 0 Å². The molecule has 0 aliphatic heterocycles. The van der Waals surface area contributed by atoms with Crippen LogP contribution in [-0.4, -0.2) is 39.4 Å². The first-order chi connectivity index (χ1) is 8.55. The largest absolute Gasteiger partial charge is 0.381 e. The van der Waals surface area contributed by atoms with Crippen molar-refractivity contribution in [1.82, 2.24) is 4.98 Å². The minimum atomic E-state index is -3.24. The molecule has 0 atom stereocenters. The molecule has 18 heavy (non-hydrogen) atoms. The van der Waals surface area contributed by atoms with E-state index in [-0.39, 0.29) is 4.90 Å². The second kappa shape index (κ2) is 7.33. The van der Waals surface area contributed by atoms with Gasteiger partial charge in [-0.15, -0.1) is 0 Å². The van der Waals surface area contributed by atoms with Crippen LogP contribution < -0.4 is 5.32 Å². The molecule has 1 N–H and O–H groups in total. The van der Waals surface area contributed by atoms with E-state index in [1.165, 1.54) is 6.26 Å². The van der Waals surface area contributed by atoms with E-state index in [4.69, 9.17) is 4.74 Å².